The molecule has 0 fully saturated rings. The largest absolute Gasteiger partial charge is 0.353 e. The van der Waals surface area contributed by atoms with E-state index in [1.165, 1.54) is 25.9 Å². The summed E-state index contributed by atoms with van der Waals surface area (Å²) < 4.78 is 27.2. The fourth-order valence-electron chi connectivity index (χ4n) is 1.37. The molecular weight excluding hydrogens is 292 g/mol. The molecule has 9 nitrogen and oxygen atoms in total. The Labute approximate surface area is 113 Å². The second kappa shape index (κ2) is 4.90. The second-order valence-corrected chi connectivity index (χ2v) is 6.72. The summed E-state index contributed by atoms with van der Waals surface area (Å²) >= 11 is 1.39. The number of hydrogen-bond donors (Lipinski definition) is 0. The minimum atomic E-state index is -3.76. The number of nitrogens with zero attached hydrogens (tertiary/aromatic N) is 6. The van der Waals surface area contributed by atoms with Gasteiger partial charge in [0.25, 0.3) is 10.0 Å². The van der Waals surface area contributed by atoms with E-state index in [1.54, 1.807) is 0 Å². The molecule has 0 N–H and O–H groups in total. The first-order chi connectivity index (χ1) is 8.89. The fourth-order valence-corrected chi connectivity index (χ4v) is 2.68. The predicted molar refractivity (Wildman–Crippen MR) is 69.4 cm³/mol. The molecule has 0 amide bonds. The summed E-state index contributed by atoms with van der Waals surface area (Å²) in [6, 6.07) is 0. The van der Waals surface area contributed by atoms with E-state index in [0.717, 1.165) is 19.7 Å². The molecule has 2 aromatic rings. The Balaban J connectivity index is 2.71. The molecule has 2 rings (SSSR count). The Kier molecular flexibility index (Phi) is 3.60. The van der Waals surface area contributed by atoms with E-state index in [1.807, 2.05) is 6.26 Å². The Hall–Kier alpha value is -1.46. The highest BCUT2D eigenvalue weighted by Crippen LogP contribution is 2.14. The molecular formula is C8H12N6O3S2. The maximum atomic E-state index is 12.0. The number of hydrogen-bond acceptors (Lipinski definition) is 7. The SMILES string of the molecule is CSCn1nnc2c(S(=O)(=O)N(C)C)ncn2c1=O. The van der Waals surface area contributed by atoms with Crippen LogP contribution in [0.5, 0.6) is 0 Å². The number of aromatic nitrogens is 5. The third kappa shape index (κ3) is 2.24. The van der Waals surface area contributed by atoms with Crippen molar-refractivity contribution in [3.8, 4) is 0 Å². The summed E-state index contributed by atoms with van der Waals surface area (Å²) in [5.41, 5.74) is -0.553. The van der Waals surface area contributed by atoms with Crippen LogP contribution in [0, 0.1) is 0 Å². The van der Waals surface area contributed by atoms with E-state index < -0.39 is 15.7 Å². The molecule has 0 aliphatic heterocycles. The van der Waals surface area contributed by atoms with Crippen molar-refractivity contribution in [3.63, 3.8) is 0 Å². The van der Waals surface area contributed by atoms with Gasteiger partial charge in [0.2, 0.25) is 10.7 Å². The van der Waals surface area contributed by atoms with Crippen LogP contribution in [0.1, 0.15) is 0 Å². The van der Waals surface area contributed by atoms with Crippen LogP contribution >= 0.6 is 11.8 Å². The average molecular weight is 304 g/mol. The molecule has 104 valence electrons. The summed E-state index contributed by atoms with van der Waals surface area (Å²) in [6.45, 7) is 0. The Bertz CT molecular complexity index is 762. The molecule has 0 bridgehead atoms. The molecule has 11 heteroatoms. The fraction of sp³-hybridized carbons (Fsp3) is 0.500. The number of imidazole rings is 1. The van der Waals surface area contributed by atoms with Crippen LogP contribution in [0.2, 0.25) is 0 Å². The van der Waals surface area contributed by atoms with Crippen molar-refractivity contribution in [2.75, 3.05) is 20.4 Å². The summed E-state index contributed by atoms with van der Waals surface area (Å²) in [7, 11) is -1.00. The second-order valence-electron chi connectivity index (χ2n) is 3.82. The predicted octanol–water partition coefficient (Wildman–Crippen LogP) is -1.14. The summed E-state index contributed by atoms with van der Waals surface area (Å²) in [5.74, 6) is 0.329. The average Bonchev–Trinajstić information content (AvgIpc) is 2.78. The van der Waals surface area contributed by atoms with Gasteiger partial charge in [-0.3, -0.25) is 0 Å². The maximum Gasteiger partial charge on any atom is 0.353 e. The first kappa shape index (κ1) is 14.0. The van der Waals surface area contributed by atoms with Crippen LogP contribution in [0.4, 0.5) is 0 Å². The highest BCUT2D eigenvalue weighted by Gasteiger charge is 2.25. The highest BCUT2D eigenvalue weighted by atomic mass is 32.2. The van der Waals surface area contributed by atoms with Crippen molar-refractivity contribution in [1.29, 1.82) is 0 Å². The summed E-state index contributed by atoms with van der Waals surface area (Å²) in [6.07, 6.45) is 2.95. The van der Waals surface area contributed by atoms with Crippen molar-refractivity contribution >= 4 is 27.4 Å². The third-order valence-electron chi connectivity index (χ3n) is 2.36. The van der Waals surface area contributed by atoms with Gasteiger partial charge in [-0.05, 0) is 6.26 Å². The minimum Gasteiger partial charge on any atom is -0.245 e. The highest BCUT2D eigenvalue weighted by molar-refractivity contribution is 7.97. The third-order valence-corrected chi connectivity index (χ3v) is 4.60. The molecule has 0 saturated carbocycles. The van der Waals surface area contributed by atoms with Gasteiger partial charge in [0, 0.05) is 14.1 Å². The molecule has 0 saturated heterocycles. The Morgan fingerprint density at radius 1 is 1.42 bits per heavy atom. The van der Waals surface area contributed by atoms with Gasteiger partial charge in [0.15, 0.2) is 0 Å². The van der Waals surface area contributed by atoms with Gasteiger partial charge < -0.3 is 0 Å². The summed E-state index contributed by atoms with van der Waals surface area (Å²) in [5, 5.41) is 7.18. The number of thioether (sulfide) groups is 1. The maximum absolute atomic E-state index is 12.0. The minimum absolute atomic E-state index is 0.0731. The van der Waals surface area contributed by atoms with Crippen LogP contribution in [0.15, 0.2) is 16.1 Å². The molecule has 2 heterocycles. The van der Waals surface area contributed by atoms with Gasteiger partial charge in [0.1, 0.15) is 6.33 Å². The number of rotatable bonds is 4. The standard InChI is InChI=1S/C8H12N6O3S2/c1-12(2)19(16,17)7-6-10-11-14(5-18-3)8(15)13(6)4-9-7/h4H,5H2,1-3H3. The molecule has 0 aliphatic carbocycles. The number of sulfonamides is 1. The molecule has 19 heavy (non-hydrogen) atoms. The lowest BCUT2D eigenvalue weighted by atomic mass is 10.8. The van der Waals surface area contributed by atoms with Crippen molar-refractivity contribution in [2.24, 2.45) is 0 Å². The molecule has 2 aromatic heterocycles. The summed E-state index contributed by atoms with van der Waals surface area (Å²) in [4.78, 5) is 15.8. The van der Waals surface area contributed by atoms with Crippen molar-refractivity contribution in [3.05, 3.63) is 16.8 Å². The molecule has 0 aromatic carbocycles. The van der Waals surface area contributed by atoms with Gasteiger partial charge in [0.05, 0.1) is 5.88 Å². The number of fused-ring (bicyclic) bond motifs is 1. The van der Waals surface area contributed by atoms with Gasteiger partial charge in [-0.2, -0.15) is 4.68 Å². The lowest BCUT2D eigenvalue weighted by Gasteiger charge is -2.08. The smallest absolute Gasteiger partial charge is 0.245 e. The lowest BCUT2D eigenvalue weighted by molar-refractivity contribution is 0.517. The van der Waals surface area contributed by atoms with E-state index in [2.05, 4.69) is 15.3 Å². The van der Waals surface area contributed by atoms with Crippen LogP contribution < -0.4 is 5.69 Å². The van der Waals surface area contributed by atoms with Crippen molar-refractivity contribution in [1.82, 2.24) is 28.7 Å². The van der Waals surface area contributed by atoms with Crippen LogP contribution in [-0.4, -0.2) is 57.5 Å². The van der Waals surface area contributed by atoms with E-state index in [9.17, 15) is 13.2 Å². The first-order valence-corrected chi connectivity index (χ1v) is 7.95. The normalized spacial score (nSPS) is 12.4. The van der Waals surface area contributed by atoms with Gasteiger partial charge >= 0.3 is 5.69 Å². The monoisotopic (exact) mass is 304 g/mol. The molecule has 0 aliphatic rings. The zero-order valence-corrected chi connectivity index (χ0v) is 12.1. The lowest BCUT2D eigenvalue weighted by Crippen LogP contribution is -2.29. The molecule has 0 unspecified atom stereocenters. The van der Waals surface area contributed by atoms with Crippen LogP contribution in [0.25, 0.3) is 5.65 Å². The quantitative estimate of drug-likeness (QED) is 0.703. The van der Waals surface area contributed by atoms with Crippen molar-refractivity contribution in [2.45, 2.75) is 10.9 Å². The van der Waals surface area contributed by atoms with E-state index >= 15 is 0 Å². The zero-order chi connectivity index (χ0) is 14.2. The van der Waals surface area contributed by atoms with Crippen LogP contribution in [-0.2, 0) is 15.9 Å². The Morgan fingerprint density at radius 2 is 2.11 bits per heavy atom. The van der Waals surface area contributed by atoms with Crippen LogP contribution in [0.3, 0.4) is 0 Å². The Morgan fingerprint density at radius 3 is 2.68 bits per heavy atom. The van der Waals surface area contributed by atoms with E-state index in [4.69, 9.17) is 0 Å². The topological polar surface area (TPSA) is 102 Å². The van der Waals surface area contributed by atoms with Gasteiger partial charge in [-0.15, -0.1) is 16.9 Å². The van der Waals surface area contributed by atoms with E-state index in [0.29, 0.717) is 5.88 Å². The molecule has 0 atom stereocenters. The molecule has 0 radical (unpaired) electrons. The zero-order valence-electron chi connectivity index (χ0n) is 10.5. The van der Waals surface area contributed by atoms with E-state index in [-0.39, 0.29) is 10.7 Å². The molecule has 0 spiro atoms. The first-order valence-electron chi connectivity index (χ1n) is 5.12. The van der Waals surface area contributed by atoms with Gasteiger partial charge in [-0.1, -0.05) is 5.21 Å². The van der Waals surface area contributed by atoms with Crippen molar-refractivity contribution < 1.29 is 8.42 Å². The van der Waals surface area contributed by atoms with Gasteiger partial charge in [-0.25, -0.2) is 26.9 Å².